The van der Waals surface area contributed by atoms with Crippen molar-refractivity contribution in [2.75, 3.05) is 12.0 Å². The van der Waals surface area contributed by atoms with E-state index in [2.05, 4.69) is 4.98 Å². The molecule has 6 nitrogen and oxygen atoms in total. The lowest BCUT2D eigenvalue weighted by Crippen LogP contribution is -2.23. The lowest BCUT2D eigenvalue weighted by molar-refractivity contribution is -0.115. The van der Waals surface area contributed by atoms with Crippen LogP contribution in [0, 0.1) is 5.82 Å². The number of aromatic nitrogens is 1. The number of hydrogen-bond acceptors (Lipinski definition) is 6. The fraction of sp³-hybridized carbons (Fsp3) is 0.190. The van der Waals surface area contributed by atoms with Gasteiger partial charge >= 0.3 is 0 Å². The number of amides is 1. The van der Waals surface area contributed by atoms with Gasteiger partial charge in [0.1, 0.15) is 23.9 Å². The van der Waals surface area contributed by atoms with Gasteiger partial charge in [0.25, 0.3) is 0 Å². The van der Waals surface area contributed by atoms with Gasteiger partial charge in [-0.25, -0.2) is 9.37 Å². The number of nitrogens with zero attached hydrogens (tertiary/aromatic N) is 2. The van der Waals surface area contributed by atoms with Crippen molar-refractivity contribution < 1.29 is 23.5 Å². The van der Waals surface area contributed by atoms with Crippen molar-refractivity contribution in [3.63, 3.8) is 0 Å². The lowest BCUT2D eigenvalue weighted by atomic mass is 10.1. The van der Waals surface area contributed by atoms with E-state index in [1.807, 2.05) is 12.1 Å². The molecular weight excluding hydrogens is 395 g/mol. The normalized spacial score (nSPS) is 10.5. The minimum Gasteiger partial charge on any atom is -0.495 e. The van der Waals surface area contributed by atoms with Crippen LogP contribution < -0.4 is 14.4 Å². The fourth-order valence-electron chi connectivity index (χ4n) is 2.72. The summed E-state index contributed by atoms with van der Waals surface area (Å²) in [7, 11) is 1.54. The molecule has 1 amide bonds. The van der Waals surface area contributed by atoms with Crippen molar-refractivity contribution in [3.8, 4) is 11.5 Å². The van der Waals surface area contributed by atoms with Crippen molar-refractivity contribution in [3.05, 3.63) is 64.9 Å². The third-order valence-electron chi connectivity index (χ3n) is 4.08. The molecule has 0 unspecified atom stereocenters. The van der Waals surface area contributed by atoms with E-state index < -0.39 is 5.82 Å². The van der Waals surface area contributed by atoms with Gasteiger partial charge in [0.2, 0.25) is 5.91 Å². The highest BCUT2D eigenvalue weighted by Crippen LogP contribution is 2.35. The van der Waals surface area contributed by atoms with E-state index in [1.54, 1.807) is 17.5 Å². The smallest absolute Gasteiger partial charge is 0.230 e. The monoisotopic (exact) mass is 414 g/mol. The number of para-hydroxylation sites is 2. The number of ketones is 1. The summed E-state index contributed by atoms with van der Waals surface area (Å²) in [6.45, 7) is 2.84. The average molecular weight is 414 g/mol. The van der Waals surface area contributed by atoms with Crippen molar-refractivity contribution in [1.29, 1.82) is 0 Å². The van der Waals surface area contributed by atoms with Crippen molar-refractivity contribution in [2.45, 2.75) is 20.5 Å². The Bertz CT molecular complexity index is 1050. The molecule has 0 N–H and O–H groups in total. The summed E-state index contributed by atoms with van der Waals surface area (Å²) in [5, 5.41) is 2.24. The zero-order valence-electron chi connectivity index (χ0n) is 16.1. The summed E-state index contributed by atoms with van der Waals surface area (Å²) < 4.78 is 24.8. The van der Waals surface area contributed by atoms with E-state index in [1.165, 1.54) is 55.4 Å². The third kappa shape index (κ3) is 4.60. The van der Waals surface area contributed by atoms with Gasteiger partial charge in [0.15, 0.2) is 10.9 Å². The summed E-state index contributed by atoms with van der Waals surface area (Å²) >= 11 is 1.28. The molecule has 0 saturated carbocycles. The number of Topliss-reactive ketones (excluding diaryl/α,β-unsaturated/α-hetero) is 1. The molecule has 0 saturated heterocycles. The standard InChI is InChI=1S/C21H19FN2O4S/c1-13(25)17-9-8-16(10-18(17)22)28-11-15-12-29-21(23-15)24(14(2)26)19-6-4-5-7-20(19)27-3/h4-10,12H,11H2,1-3H3. The minimum atomic E-state index is -0.632. The van der Waals surface area contributed by atoms with Crippen molar-refractivity contribution >= 4 is 33.8 Å². The molecule has 0 aliphatic rings. The minimum absolute atomic E-state index is 0.0159. The molecule has 0 radical (unpaired) electrons. The molecule has 0 spiro atoms. The van der Waals surface area contributed by atoms with Crippen LogP contribution in [0.2, 0.25) is 0 Å². The van der Waals surface area contributed by atoms with E-state index in [-0.39, 0.29) is 29.6 Å². The molecule has 150 valence electrons. The highest BCUT2D eigenvalue weighted by atomic mass is 32.1. The molecule has 2 aromatic carbocycles. The summed E-state index contributed by atoms with van der Waals surface area (Å²) in [6.07, 6.45) is 0. The summed E-state index contributed by atoms with van der Waals surface area (Å²) in [5.41, 5.74) is 1.19. The van der Waals surface area contributed by atoms with Crippen LogP contribution in [0.15, 0.2) is 47.8 Å². The van der Waals surface area contributed by atoms with Gasteiger partial charge in [-0.3, -0.25) is 14.5 Å². The SMILES string of the molecule is COc1ccccc1N(C(C)=O)c1nc(COc2ccc(C(C)=O)c(F)c2)cs1. The summed E-state index contributed by atoms with van der Waals surface area (Å²) in [4.78, 5) is 29.5. The molecule has 0 fully saturated rings. The average Bonchev–Trinajstić information content (AvgIpc) is 3.15. The molecule has 3 aromatic rings. The lowest BCUT2D eigenvalue weighted by Gasteiger charge is -2.20. The number of thiazole rings is 1. The first-order valence-electron chi connectivity index (χ1n) is 8.72. The summed E-state index contributed by atoms with van der Waals surface area (Å²) in [6, 6.07) is 11.3. The molecule has 1 heterocycles. The number of ether oxygens (including phenoxy) is 2. The van der Waals surface area contributed by atoms with Crippen LogP contribution in [0.3, 0.4) is 0 Å². The van der Waals surface area contributed by atoms with Gasteiger partial charge in [-0.05, 0) is 31.2 Å². The molecule has 0 aliphatic carbocycles. The van der Waals surface area contributed by atoms with E-state index in [9.17, 15) is 14.0 Å². The van der Waals surface area contributed by atoms with Crippen LogP contribution in [0.4, 0.5) is 15.2 Å². The number of anilines is 2. The number of halogens is 1. The van der Waals surface area contributed by atoms with Gasteiger partial charge in [0, 0.05) is 18.4 Å². The maximum atomic E-state index is 13.9. The molecule has 0 aliphatic heterocycles. The van der Waals surface area contributed by atoms with Gasteiger partial charge in [-0.2, -0.15) is 0 Å². The molecule has 0 atom stereocenters. The Morgan fingerprint density at radius 1 is 1.17 bits per heavy atom. The zero-order valence-corrected chi connectivity index (χ0v) is 17.0. The second-order valence-electron chi connectivity index (χ2n) is 6.13. The molecule has 3 rings (SSSR count). The molecule has 1 aromatic heterocycles. The quantitative estimate of drug-likeness (QED) is 0.522. The maximum Gasteiger partial charge on any atom is 0.230 e. The van der Waals surface area contributed by atoms with E-state index >= 15 is 0 Å². The molecule has 8 heteroatoms. The van der Waals surface area contributed by atoms with Crippen molar-refractivity contribution in [1.82, 2.24) is 4.98 Å². The number of carbonyl (C=O) groups excluding carboxylic acids is 2. The van der Waals surface area contributed by atoms with Gasteiger partial charge in [-0.1, -0.05) is 12.1 Å². The Morgan fingerprint density at radius 3 is 2.59 bits per heavy atom. The number of hydrogen-bond donors (Lipinski definition) is 0. The van der Waals surface area contributed by atoms with Crippen LogP contribution in [0.25, 0.3) is 0 Å². The number of rotatable bonds is 7. The molecule has 29 heavy (non-hydrogen) atoms. The van der Waals surface area contributed by atoms with Crippen LogP contribution in [0.1, 0.15) is 29.9 Å². The fourth-order valence-corrected chi connectivity index (χ4v) is 3.58. The van der Waals surface area contributed by atoms with Gasteiger partial charge in [0.05, 0.1) is 24.1 Å². The highest BCUT2D eigenvalue weighted by Gasteiger charge is 2.21. The van der Waals surface area contributed by atoms with E-state index in [0.29, 0.717) is 22.3 Å². The topological polar surface area (TPSA) is 68.7 Å². The Morgan fingerprint density at radius 2 is 1.93 bits per heavy atom. The van der Waals surface area contributed by atoms with Crippen LogP contribution in [-0.4, -0.2) is 23.8 Å². The number of benzene rings is 2. The molecule has 0 bridgehead atoms. The zero-order chi connectivity index (χ0) is 21.0. The highest BCUT2D eigenvalue weighted by molar-refractivity contribution is 7.14. The summed E-state index contributed by atoms with van der Waals surface area (Å²) in [5.74, 6) is -0.350. The second-order valence-corrected chi connectivity index (χ2v) is 6.97. The van der Waals surface area contributed by atoms with E-state index in [4.69, 9.17) is 9.47 Å². The van der Waals surface area contributed by atoms with Gasteiger partial charge < -0.3 is 9.47 Å². The first-order valence-corrected chi connectivity index (χ1v) is 9.60. The van der Waals surface area contributed by atoms with Crippen LogP contribution in [-0.2, 0) is 11.4 Å². The number of carbonyl (C=O) groups is 2. The first kappa shape index (κ1) is 20.5. The largest absolute Gasteiger partial charge is 0.495 e. The predicted molar refractivity (Wildman–Crippen MR) is 109 cm³/mol. The predicted octanol–water partition coefficient (Wildman–Crippen LogP) is 4.76. The van der Waals surface area contributed by atoms with Crippen LogP contribution >= 0.6 is 11.3 Å². The Balaban J connectivity index is 1.78. The maximum absolute atomic E-state index is 13.9. The van der Waals surface area contributed by atoms with Crippen LogP contribution in [0.5, 0.6) is 11.5 Å². The van der Waals surface area contributed by atoms with E-state index in [0.717, 1.165) is 0 Å². The Kier molecular flexibility index (Phi) is 6.23. The van der Waals surface area contributed by atoms with Gasteiger partial charge in [-0.15, -0.1) is 11.3 Å². The number of methoxy groups -OCH3 is 1. The molecular formula is C21H19FN2O4S. The second kappa shape index (κ2) is 8.83. The Labute approximate surface area is 171 Å². The van der Waals surface area contributed by atoms with Crippen molar-refractivity contribution in [2.24, 2.45) is 0 Å². The third-order valence-corrected chi connectivity index (χ3v) is 4.95. The first-order chi connectivity index (χ1) is 13.9. The Hall–Kier alpha value is -3.26.